The van der Waals surface area contributed by atoms with Crippen LogP contribution in [-0.4, -0.2) is 19.0 Å². The predicted molar refractivity (Wildman–Crippen MR) is 60.9 cm³/mol. The van der Waals surface area contributed by atoms with Gasteiger partial charge in [0.2, 0.25) is 0 Å². The van der Waals surface area contributed by atoms with Gasteiger partial charge in [0, 0.05) is 6.54 Å². The van der Waals surface area contributed by atoms with Gasteiger partial charge in [-0.05, 0) is 24.0 Å². The Kier molecular flexibility index (Phi) is 2.09. The van der Waals surface area contributed by atoms with Gasteiger partial charge in [-0.1, -0.05) is 24.3 Å². The zero-order valence-electron chi connectivity index (χ0n) is 8.66. The maximum absolute atomic E-state index is 4.37. The lowest BCUT2D eigenvalue weighted by atomic mass is 10.1. The van der Waals surface area contributed by atoms with E-state index in [9.17, 15) is 0 Å². The van der Waals surface area contributed by atoms with Crippen molar-refractivity contribution in [1.29, 1.82) is 0 Å². The molecule has 0 aromatic heterocycles. The molecule has 3 nitrogen and oxygen atoms in total. The molecule has 15 heavy (non-hydrogen) atoms. The monoisotopic (exact) mass is 201 g/mol. The first kappa shape index (κ1) is 8.77. The third-order valence-electron chi connectivity index (χ3n) is 3.12. The second-order valence-corrected chi connectivity index (χ2v) is 4.09. The summed E-state index contributed by atoms with van der Waals surface area (Å²) in [6.07, 6.45) is 2.36. The standard InChI is InChI=1S/C12H15N3/c1-2-4-10-9(3-1)5-6-11(10)15-12-13-7-8-14-12/h1-4,11H,5-8H2,(H2,13,14,15). The molecule has 0 amide bonds. The number of guanidine groups is 1. The van der Waals surface area contributed by atoms with Gasteiger partial charge in [-0.25, -0.2) is 0 Å². The van der Waals surface area contributed by atoms with Crippen molar-refractivity contribution < 1.29 is 0 Å². The van der Waals surface area contributed by atoms with Crippen LogP contribution in [-0.2, 0) is 6.42 Å². The third-order valence-corrected chi connectivity index (χ3v) is 3.12. The maximum atomic E-state index is 4.37. The summed E-state index contributed by atoms with van der Waals surface area (Å²) >= 11 is 0. The second kappa shape index (κ2) is 3.57. The van der Waals surface area contributed by atoms with Crippen molar-refractivity contribution in [2.24, 2.45) is 4.99 Å². The Balaban J connectivity index is 1.79. The number of aryl methyl sites for hydroxylation is 1. The summed E-state index contributed by atoms with van der Waals surface area (Å²) in [5.74, 6) is 0.969. The van der Waals surface area contributed by atoms with Gasteiger partial charge in [0.15, 0.2) is 5.96 Å². The van der Waals surface area contributed by atoms with Crippen molar-refractivity contribution in [3.63, 3.8) is 0 Å². The van der Waals surface area contributed by atoms with Crippen molar-refractivity contribution in [3.05, 3.63) is 35.4 Å². The van der Waals surface area contributed by atoms with Gasteiger partial charge in [-0.15, -0.1) is 0 Å². The molecule has 0 fully saturated rings. The van der Waals surface area contributed by atoms with Gasteiger partial charge >= 0.3 is 0 Å². The molecule has 3 heteroatoms. The number of hydrogen-bond acceptors (Lipinski definition) is 3. The lowest BCUT2D eigenvalue weighted by Gasteiger charge is -2.15. The van der Waals surface area contributed by atoms with Crippen molar-refractivity contribution in [3.8, 4) is 0 Å². The summed E-state index contributed by atoms with van der Waals surface area (Å²) < 4.78 is 0. The van der Waals surface area contributed by atoms with Crippen molar-refractivity contribution in [2.45, 2.75) is 18.9 Å². The quantitative estimate of drug-likeness (QED) is 0.717. The third kappa shape index (κ3) is 1.58. The van der Waals surface area contributed by atoms with E-state index in [-0.39, 0.29) is 0 Å². The van der Waals surface area contributed by atoms with Crippen LogP contribution in [0.1, 0.15) is 23.6 Å². The minimum atomic E-state index is 0.450. The Bertz CT molecular complexity index is 398. The fraction of sp³-hybridized carbons (Fsp3) is 0.417. The molecular formula is C12H15N3. The van der Waals surface area contributed by atoms with E-state index in [1.807, 2.05) is 0 Å². The zero-order valence-corrected chi connectivity index (χ0v) is 8.66. The first-order valence-electron chi connectivity index (χ1n) is 5.56. The van der Waals surface area contributed by atoms with Gasteiger partial charge in [0.05, 0.1) is 12.6 Å². The highest BCUT2D eigenvalue weighted by Gasteiger charge is 2.22. The smallest absolute Gasteiger partial charge is 0.191 e. The number of hydrogen-bond donors (Lipinski definition) is 2. The molecule has 1 atom stereocenters. The molecule has 2 aliphatic rings. The van der Waals surface area contributed by atoms with E-state index in [1.54, 1.807) is 0 Å². The SMILES string of the molecule is c1ccc2c(c1)CCC2NC1=NCCN1. The Morgan fingerprint density at radius 3 is 3.13 bits per heavy atom. The van der Waals surface area contributed by atoms with Gasteiger partial charge < -0.3 is 10.6 Å². The fourth-order valence-corrected chi connectivity index (χ4v) is 2.37. The molecule has 0 radical (unpaired) electrons. The summed E-state index contributed by atoms with van der Waals surface area (Å²) in [5.41, 5.74) is 2.92. The maximum Gasteiger partial charge on any atom is 0.191 e. The molecule has 0 saturated heterocycles. The summed E-state index contributed by atoms with van der Waals surface area (Å²) in [6.45, 7) is 1.87. The number of benzene rings is 1. The van der Waals surface area contributed by atoms with Crippen LogP contribution in [0.4, 0.5) is 0 Å². The predicted octanol–water partition coefficient (Wildman–Crippen LogP) is 1.22. The molecule has 1 aromatic rings. The Morgan fingerprint density at radius 2 is 2.27 bits per heavy atom. The van der Waals surface area contributed by atoms with Crippen molar-refractivity contribution >= 4 is 5.96 Å². The van der Waals surface area contributed by atoms with Gasteiger partial charge in [0.1, 0.15) is 0 Å². The van der Waals surface area contributed by atoms with E-state index in [4.69, 9.17) is 0 Å². The molecule has 0 saturated carbocycles. The zero-order chi connectivity index (χ0) is 10.1. The fourth-order valence-electron chi connectivity index (χ4n) is 2.37. The largest absolute Gasteiger partial charge is 0.355 e. The van der Waals surface area contributed by atoms with Crippen LogP contribution in [0.15, 0.2) is 29.3 Å². The molecule has 1 heterocycles. The Morgan fingerprint density at radius 1 is 1.33 bits per heavy atom. The highest BCUT2D eigenvalue weighted by molar-refractivity contribution is 5.81. The number of nitrogens with zero attached hydrogens (tertiary/aromatic N) is 1. The summed E-state index contributed by atoms with van der Waals surface area (Å²) in [6, 6.07) is 9.12. The van der Waals surface area contributed by atoms with Crippen LogP contribution < -0.4 is 10.6 Å². The second-order valence-electron chi connectivity index (χ2n) is 4.09. The average Bonchev–Trinajstić information content (AvgIpc) is 2.89. The summed E-state index contributed by atoms with van der Waals surface area (Å²) in [4.78, 5) is 4.37. The molecule has 1 aliphatic carbocycles. The first-order chi connectivity index (χ1) is 7.43. The topological polar surface area (TPSA) is 36.4 Å². The number of rotatable bonds is 1. The molecule has 0 spiro atoms. The number of fused-ring (bicyclic) bond motifs is 1. The summed E-state index contributed by atoms with van der Waals surface area (Å²) in [5, 5.41) is 6.73. The van der Waals surface area contributed by atoms with E-state index < -0.39 is 0 Å². The van der Waals surface area contributed by atoms with Crippen LogP contribution in [0.25, 0.3) is 0 Å². The van der Waals surface area contributed by atoms with Gasteiger partial charge in [-0.2, -0.15) is 0 Å². The molecule has 78 valence electrons. The van der Waals surface area contributed by atoms with Crippen LogP contribution in [0, 0.1) is 0 Å². The minimum Gasteiger partial charge on any atom is -0.355 e. The molecular weight excluding hydrogens is 186 g/mol. The first-order valence-corrected chi connectivity index (χ1v) is 5.56. The summed E-state index contributed by atoms with van der Waals surface area (Å²) in [7, 11) is 0. The van der Waals surface area contributed by atoms with E-state index in [0.29, 0.717) is 6.04 Å². The van der Waals surface area contributed by atoms with E-state index in [2.05, 4.69) is 39.9 Å². The van der Waals surface area contributed by atoms with E-state index >= 15 is 0 Å². The molecule has 0 bridgehead atoms. The lowest BCUT2D eigenvalue weighted by molar-refractivity contribution is 0.631. The van der Waals surface area contributed by atoms with Crippen molar-refractivity contribution in [2.75, 3.05) is 13.1 Å². The highest BCUT2D eigenvalue weighted by atomic mass is 15.2. The van der Waals surface area contributed by atoms with Gasteiger partial charge in [0.25, 0.3) is 0 Å². The number of aliphatic imine (C=N–C) groups is 1. The minimum absolute atomic E-state index is 0.450. The Labute approximate surface area is 89.6 Å². The molecule has 1 aromatic carbocycles. The molecule has 1 unspecified atom stereocenters. The van der Waals surface area contributed by atoms with Crippen molar-refractivity contribution in [1.82, 2.24) is 10.6 Å². The van der Waals surface area contributed by atoms with Crippen LogP contribution in [0.2, 0.25) is 0 Å². The molecule has 3 rings (SSSR count). The van der Waals surface area contributed by atoms with Crippen LogP contribution >= 0.6 is 0 Å². The molecule has 2 N–H and O–H groups in total. The van der Waals surface area contributed by atoms with Gasteiger partial charge in [-0.3, -0.25) is 4.99 Å². The average molecular weight is 201 g/mol. The molecule has 1 aliphatic heterocycles. The normalized spacial score (nSPS) is 23.2. The van der Waals surface area contributed by atoms with Crippen LogP contribution in [0.5, 0.6) is 0 Å². The lowest BCUT2D eigenvalue weighted by Crippen LogP contribution is -2.35. The van der Waals surface area contributed by atoms with Crippen LogP contribution in [0.3, 0.4) is 0 Å². The highest BCUT2D eigenvalue weighted by Crippen LogP contribution is 2.30. The number of nitrogens with one attached hydrogen (secondary N) is 2. The van der Waals surface area contributed by atoms with E-state index in [0.717, 1.165) is 19.0 Å². The Hall–Kier alpha value is -1.51. The van der Waals surface area contributed by atoms with E-state index in [1.165, 1.54) is 24.0 Å².